The summed E-state index contributed by atoms with van der Waals surface area (Å²) >= 11 is 1.94. The fourth-order valence-corrected chi connectivity index (χ4v) is 2.47. The van der Waals surface area contributed by atoms with E-state index in [1.54, 1.807) is 0 Å². The van der Waals surface area contributed by atoms with E-state index in [2.05, 4.69) is 19.2 Å². The van der Waals surface area contributed by atoms with E-state index in [1.807, 2.05) is 18.7 Å². The van der Waals surface area contributed by atoms with Crippen LogP contribution in [0.1, 0.15) is 46.5 Å². The maximum atomic E-state index is 11.5. The molecule has 0 heterocycles. The monoisotopic (exact) mass is 244 g/mol. The van der Waals surface area contributed by atoms with E-state index in [4.69, 9.17) is 5.73 Å². The largest absolute Gasteiger partial charge is 0.368 e. The molecule has 0 aliphatic heterocycles. The van der Waals surface area contributed by atoms with E-state index in [-0.39, 0.29) is 5.91 Å². The van der Waals surface area contributed by atoms with Crippen LogP contribution in [0.25, 0.3) is 0 Å². The maximum Gasteiger partial charge on any atom is 0.237 e. The van der Waals surface area contributed by atoms with Crippen molar-refractivity contribution < 1.29 is 4.79 Å². The van der Waals surface area contributed by atoms with Gasteiger partial charge >= 0.3 is 0 Å². The van der Waals surface area contributed by atoms with Gasteiger partial charge in [0.1, 0.15) is 0 Å². The third-order valence-electron chi connectivity index (χ3n) is 2.92. The van der Waals surface area contributed by atoms with Gasteiger partial charge in [0.15, 0.2) is 0 Å². The molecule has 0 aromatic rings. The zero-order valence-electron chi connectivity index (χ0n) is 10.6. The lowest BCUT2D eigenvalue weighted by Gasteiger charge is -2.27. The molecule has 16 heavy (non-hydrogen) atoms. The molecule has 3 nitrogen and oxygen atoms in total. The average molecular weight is 244 g/mol. The number of primary amides is 1. The van der Waals surface area contributed by atoms with Gasteiger partial charge in [-0.1, -0.05) is 13.8 Å². The van der Waals surface area contributed by atoms with Crippen LogP contribution in [0.15, 0.2) is 0 Å². The quantitative estimate of drug-likeness (QED) is 0.641. The molecule has 0 saturated heterocycles. The molecule has 3 N–H and O–H groups in total. The Morgan fingerprint density at radius 3 is 2.62 bits per heavy atom. The highest BCUT2D eigenvalue weighted by Crippen LogP contribution is 2.25. The van der Waals surface area contributed by atoms with Crippen molar-refractivity contribution in [2.75, 3.05) is 5.75 Å². The average Bonchev–Trinajstić information content (AvgIpc) is 2.96. The summed E-state index contributed by atoms with van der Waals surface area (Å²) in [7, 11) is 0. The van der Waals surface area contributed by atoms with Crippen LogP contribution in [0.3, 0.4) is 0 Å². The first kappa shape index (κ1) is 13.8. The topological polar surface area (TPSA) is 55.1 Å². The predicted octanol–water partition coefficient (Wildman–Crippen LogP) is 1.90. The molecule has 0 radical (unpaired) electrons. The van der Waals surface area contributed by atoms with Crippen LogP contribution in [0.5, 0.6) is 0 Å². The Hall–Kier alpha value is -0.220. The molecule has 0 aromatic carbocycles. The Morgan fingerprint density at radius 1 is 1.56 bits per heavy atom. The van der Waals surface area contributed by atoms with E-state index >= 15 is 0 Å². The number of carbonyl (C=O) groups is 1. The molecule has 94 valence electrons. The maximum absolute atomic E-state index is 11.5. The van der Waals surface area contributed by atoms with Crippen LogP contribution in [0.4, 0.5) is 0 Å². The normalized spacial score (nSPS) is 19.8. The molecule has 1 fully saturated rings. The second kappa shape index (κ2) is 5.92. The van der Waals surface area contributed by atoms with Gasteiger partial charge in [0, 0.05) is 6.04 Å². The summed E-state index contributed by atoms with van der Waals surface area (Å²) in [6.07, 6.45) is 4.26. The van der Waals surface area contributed by atoms with E-state index in [0.717, 1.165) is 18.6 Å². The third kappa shape index (κ3) is 4.74. The van der Waals surface area contributed by atoms with Crippen LogP contribution in [0.2, 0.25) is 0 Å². The zero-order chi connectivity index (χ0) is 12.2. The summed E-state index contributed by atoms with van der Waals surface area (Å²) in [6, 6.07) is 0.523. The molecule has 0 aromatic heterocycles. The summed E-state index contributed by atoms with van der Waals surface area (Å²) in [5.74, 6) is 0.890. The summed E-state index contributed by atoms with van der Waals surface area (Å²) in [6.45, 7) is 6.33. The second-order valence-electron chi connectivity index (χ2n) is 5.14. The van der Waals surface area contributed by atoms with Gasteiger partial charge in [0.25, 0.3) is 0 Å². The first-order chi connectivity index (χ1) is 7.44. The Morgan fingerprint density at radius 2 is 2.19 bits per heavy atom. The summed E-state index contributed by atoms with van der Waals surface area (Å²) < 4.78 is 0. The number of hydrogen-bond acceptors (Lipinski definition) is 3. The van der Waals surface area contributed by atoms with Crippen LogP contribution in [-0.4, -0.2) is 28.5 Å². The van der Waals surface area contributed by atoms with E-state index in [1.165, 1.54) is 12.8 Å². The molecule has 1 saturated carbocycles. The molecule has 0 bridgehead atoms. The molecule has 0 spiro atoms. The van der Waals surface area contributed by atoms with Gasteiger partial charge in [-0.3, -0.25) is 4.79 Å². The van der Waals surface area contributed by atoms with Gasteiger partial charge < -0.3 is 11.1 Å². The number of carbonyl (C=O) groups excluding carboxylic acids is 1. The first-order valence-corrected chi connectivity index (χ1v) is 7.18. The van der Waals surface area contributed by atoms with Crippen molar-refractivity contribution in [3.63, 3.8) is 0 Å². The molecular weight excluding hydrogens is 220 g/mol. The highest BCUT2D eigenvalue weighted by atomic mass is 32.2. The minimum atomic E-state index is -0.501. The summed E-state index contributed by atoms with van der Waals surface area (Å²) in [5, 5.41) is 4.03. The molecule has 1 atom stereocenters. The molecule has 1 aliphatic carbocycles. The summed E-state index contributed by atoms with van der Waals surface area (Å²) in [5.41, 5.74) is 4.98. The lowest BCUT2D eigenvalue weighted by atomic mass is 9.95. The van der Waals surface area contributed by atoms with Gasteiger partial charge in [-0.2, -0.15) is 11.8 Å². The predicted molar refractivity (Wildman–Crippen MR) is 70.6 cm³/mol. The van der Waals surface area contributed by atoms with Crippen molar-refractivity contribution in [2.24, 2.45) is 5.73 Å². The van der Waals surface area contributed by atoms with Crippen molar-refractivity contribution in [1.29, 1.82) is 0 Å². The van der Waals surface area contributed by atoms with Gasteiger partial charge in [0.2, 0.25) is 5.91 Å². The van der Waals surface area contributed by atoms with Gasteiger partial charge in [-0.15, -0.1) is 0 Å². The first-order valence-electron chi connectivity index (χ1n) is 6.13. The fourth-order valence-electron chi connectivity index (χ4n) is 1.69. The van der Waals surface area contributed by atoms with Crippen LogP contribution in [-0.2, 0) is 4.79 Å². The summed E-state index contributed by atoms with van der Waals surface area (Å²) in [4.78, 5) is 11.5. The van der Waals surface area contributed by atoms with Gasteiger partial charge in [0.05, 0.1) is 5.54 Å². The molecule has 1 amide bonds. The number of amides is 1. The van der Waals surface area contributed by atoms with Crippen LogP contribution >= 0.6 is 11.8 Å². The van der Waals surface area contributed by atoms with Crippen LogP contribution < -0.4 is 11.1 Å². The molecule has 1 rings (SSSR count). The second-order valence-corrected chi connectivity index (χ2v) is 6.82. The number of hydrogen-bond donors (Lipinski definition) is 2. The SMILES string of the molecule is CC(C)SCCCC(C)(NC1CC1)C(N)=O. The minimum absolute atomic E-state index is 0.214. The molecule has 1 aliphatic rings. The lowest BCUT2D eigenvalue weighted by molar-refractivity contribution is -0.124. The van der Waals surface area contributed by atoms with E-state index in [0.29, 0.717) is 11.3 Å². The Balaban J connectivity index is 2.29. The Bertz CT molecular complexity index is 241. The number of rotatable bonds is 8. The van der Waals surface area contributed by atoms with Gasteiger partial charge in [-0.05, 0) is 43.6 Å². The van der Waals surface area contributed by atoms with Crippen molar-refractivity contribution in [1.82, 2.24) is 5.32 Å². The Kier molecular flexibility index (Phi) is 5.12. The Labute approximate surface area is 103 Å². The van der Waals surface area contributed by atoms with Gasteiger partial charge in [-0.25, -0.2) is 0 Å². The third-order valence-corrected chi connectivity index (χ3v) is 4.11. The van der Waals surface area contributed by atoms with Crippen molar-refractivity contribution in [3.8, 4) is 0 Å². The smallest absolute Gasteiger partial charge is 0.237 e. The molecular formula is C12H24N2OS. The highest BCUT2D eigenvalue weighted by Gasteiger charge is 2.36. The number of thioether (sulfide) groups is 1. The zero-order valence-corrected chi connectivity index (χ0v) is 11.4. The molecule has 1 unspecified atom stereocenters. The van der Waals surface area contributed by atoms with E-state index < -0.39 is 5.54 Å². The number of nitrogens with one attached hydrogen (secondary N) is 1. The minimum Gasteiger partial charge on any atom is -0.368 e. The standard InChI is InChI=1S/C12H24N2OS/c1-9(2)16-8-4-7-12(3,11(13)15)14-10-5-6-10/h9-10,14H,4-8H2,1-3H3,(H2,13,15). The number of nitrogens with two attached hydrogens (primary N) is 1. The van der Waals surface area contributed by atoms with E-state index in [9.17, 15) is 4.79 Å². The van der Waals surface area contributed by atoms with Crippen molar-refractivity contribution in [2.45, 2.75) is 63.3 Å². The van der Waals surface area contributed by atoms with Crippen molar-refractivity contribution in [3.05, 3.63) is 0 Å². The van der Waals surface area contributed by atoms with Crippen LogP contribution in [0, 0.1) is 0 Å². The molecule has 4 heteroatoms. The highest BCUT2D eigenvalue weighted by molar-refractivity contribution is 7.99. The fraction of sp³-hybridized carbons (Fsp3) is 0.917. The van der Waals surface area contributed by atoms with Crippen molar-refractivity contribution >= 4 is 17.7 Å². The lowest BCUT2D eigenvalue weighted by Crippen LogP contribution is -2.54.